The fraction of sp³-hybridized carbons (Fsp3) is 0.308. The van der Waals surface area contributed by atoms with Crippen LogP contribution in [0.1, 0.15) is 6.92 Å². The van der Waals surface area contributed by atoms with E-state index < -0.39 is 11.6 Å². The van der Waals surface area contributed by atoms with Crippen molar-refractivity contribution in [3.63, 3.8) is 0 Å². The van der Waals surface area contributed by atoms with Gasteiger partial charge >= 0.3 is 12.0 Å². The van der Waals surface area contributed by atoms with Gasteiger partial charge in [-0.1, -0.05) is 18.2 Å². The van der Waals surface area contributed by atoms with E-state index in [1.54, 1.807) is 0 Å². The standard InChI is InChI=1S/C13H15N3O4/c1-13(18,11(17)19-2)8-20-12-14-9-16(15-12)10-6-4-3-5-7-10/h3-7,9,18H,8H2,1-2H3. The average Bonchev–Trinajstić information content (AvgIpc) is 2.94. The summed E-state index contributed by atoms with van der Waals surface area (Å²) in [5, 5.41) is 13.9. The first-order chi connectivity index (χ1) is 9.53. The van der Waals surface area contributed by atoms with Crippen molar-refractivity contribution in [3.05, 3.63) is 36.7 Å². The van der Waals surface area contributed by atoms with Crippen molar-refractivity contribution in [2.75, 3.05) is 13.7 Å². The number of aliphatic hydroxyl groups is 1. The first-order valence-corrected chi connectivity index (χ1v) is 5.93. The Morgan fingerprint density at radius 2 is 2.10 bits per heavy atom. The third-order valence-electron chi connectivity index (χ3n) is 2.60. The van der Waals surface area contributed by atoms with Crippen LogP contribution in [0.15, 0.2) is 36.7 Å². The number of ether oxygens (including phenoxy) is 2. The van der Waals surface area contributed by atoms with Crippen LogP contribution >= 0.6 is 0 Å². The Hall–Kier alpha value is -2.41. The van der Waals surface area contributed by atoms with Crippen molar-refractivity contribution in [3.8, 4) is 11.7 Å². The fourth-order valence-corrected chi connectivity index (χ4v) is 1.50. The molecule has 0 fully saturated rings. The summed E-state index contributed by atoms with van der Waals surface area (Å²) in [6.45, 7) is 1.01. The van der Waals surface area contributed by atoms with Gasteiger partial charge < -0.3 is 14.6 Å². The minimum atomic E-state index is -1.74. The van der Waals surface area contributed by atoms with Crippen molar-refractivity contribution < 1.29 is 19.4 Å². The van der Waals surface area contributed by atoms with Crippen LogP contribution in [0.3, 0.4) is 0 Å². The molecule has 1 atom stereocenters. The smallest absolute Gasteiger partial charge is 0.341 e. The minimum Gasteiger partial charge on any atom is -0.467 e. The highest BCUT2D eigenvalue weighted by atomic mass is 16.6. The molecule has 0 spiro atoms. The number of benzene rings is 1. The predicted molar refractivity (Wildman–Crippen MR) is 69.5 cm³/mol. The van der Waals surface area contributed by atoms with E-state index >= 15 is 0 Å². The molecular weight excluding hydrogens is 262 g/mol. The SMILES string of the molecule is COC(=O)C(C)(O)COc1ncn(-c2ccccc2)n1. The fourth-order valence-electron chi connectivity index (χ4n) is 1.50. The van der Waals surface area contributed by atoms with Gasteiger partial charge in [-0.05, 0) is 19.1 Å². The van der Waals surface area contributed by atoms with Gasteiger partial charge in [-0.2, -0.15) is 4.98 Å². The van der Waals surface area contributed by atoms with Crippen molar-refractivity contribution >= 4 is 5.97 Å². The number of carbonyl (C=O) groups excluding carboxylic acids is 1. The summed E-state index contributed by atoms with van der Waals surface area (Å²) in [5.74, 6) is -0.778. The van der Waals surface area contributed by atoms with Gasteiger partial charge in [-0.3, -0.25) is 0 Å². The predicted octanol–water partition coefficient (Wildman–Crippen LogP) is 0.570. The molecule has 1 aromatic heterocycles. The van der Waals surface area contributed by atoms with E-state index in [1.165, 1.54) is 25.0 Å². The summed E-state index contributed by atoms with van der Waals surface area (Å²) in [4.78, 5) is 15.2. The summed E-state index contributed by atoms with van der Waals surface area (Å²) in [6, 6.07) is 9.44. The number of hydrogen-bond acceptors (Lipinski definition) is 6. The highest BCUT2D eigenvalue weighted by Gasteiger charge is 2.33. The number of aromatic nitrogens is 3. The summed E-state index contributed by atoms with van der Waals surface area (Å²) in [5.41, 5.74) is -0.915. The van der Waals surface area contributed by atoms with Crippen LogP contribution in [0.2, 0.25) is 0 Å². The quantitative estimate of drug-likeness (QED) is 0.804. The van der Waals surface area contributed by atoms with Crippen LogP contribution in [0.4, 0.5) is 0 Å². The first-order valence-electron chi connectivity index (χ1n) is 5.93. The molecular formula is C13H15N3O4. The number of rotatable bonds is 5. The Balaban J connectivity index is 2.02. The van der Waals surface area contributed by atoms with Crippen molar-refractivity contribution in [2.45, 2.75) is 12.5 Å². The molecule has 1 N–H and O–H groups in total. The van der Waals surface area contributed by atoms with Crippen LogP contribution in [0, 0.1) is 0 Å². The van der Waals surface area contributed by atoms with E-state index in [1.807, 2.05) is 30.3 Å². The van der Waals surface area contributed by atoms with E-state index in [-0.39, 0.29) is 12.6 Å². The van der Waals surface area contributed by atoms with Crippen LogP contribution in [-0.4, -0.2) is 45.2 Å². The van der Waals surface area contributed by atoms with Crippen LogP contribution in [0.25, 0.3) is 5.69 Å². The van der Waals surface area contributed by atoms with Gasteiger partial charge in [0.05, 0.1) is 12.8 Å². The van der Waals surface area contributed by atoms with Crippen molar-refractivity contribution in [1.29, 1.82) is 0 Å². The lowest BCUT2D eigenvalue weighted by Crippen LogP contribution is -2.42. The van der Waals surface area contributed by atoms with Crippen molar-refractivity contribution in [2.24, 2.45) is 0 Å². The Morgan fingerprint density at radius 3 is 2.75 bits per heavy atom. The van der Waals surface area contributed by atoms with Gasteiger partial charge in [-0.15, -0.1) is 5.10 Å². The number of hydrogen-bond donors (Lipinski definition) is 1. The van der Waals surface area contributed by atoms with Gasteiger partial charge in [0, 0.05) is 0 Å². The van der Waals surface area contributed by atoms with Gasteiger partial charge in [-0.25, -0.2) is 9.48 Å². The lowest BCUT2D eigenvalue weighted by Gasteiger charge is -2.18. The maximum atomic E-state index is 11.3. The monoisotopic (exact) mass is 277 g/mol. The number of para-hydroxylation sites is 1. The molecule has 0 radical (unpaired) electrons. The van der Waals surface area contributed by atoms with Gasteiger partial charge in [0.2, 0.25) is 0 Å². The normalized spacial score (nSPS) is 13.6. The molecule has 0 amide bonds. The molecule has 0 saturated heterocycles. The molecule has 1 aromatic carbocycles. The van der Waals surface area contributed by atoms with E-state index in [2.05, 4.69) is 14.8 Å². The molecule has 106 valence electrons. The molecule has 7 heteroatoms. The summed E-state index contributed by atoms with van der Waals surface area (Å²) in [7, 11) is 1.19. The highest BCUT2D eigenvalue weighted by Crippen LogP contribution is 2.11. The Morgan fingerprint density at radius 1 is 1.40 bits per heavy atom. The van der Waals surface area contributed by atoms with E-state index in [9.17, 15) is 9.90 Å². The molecule has 0 saturated carbocycles. The number of esters is 1. The molecule has 0 aliphatic heterocycles. The topological polar surface area (TPSA) is 86.5 Å². The average molecular weight is 277 g/mol. The largest absolute Gasteiger partial charge is 0.467 e. The second-order valence-electron chi connectivity index (χ2n) is 4.36. The highest BCUT2D eigenvalue weighted by molar-refractivity contribution is 5.78. The summed E-state index contributed by atoms with van der Waals surface area (Å²) in [6.07, 6.45) is 1.48. The van der Waals surface area contributed by atoms with Crippen molar-refractivity contribution in [1.82, 2.24) is 14.8 Å². The molecule has 2 aromatic rings. The maximum Gasteiger partial charge on any atom is 0.341 e. The van der Waals surface area contributed by atoms with Gasteiger partial charge in [0.1, 0.15) is 12.9 Å². The Kier molecular flexibility index (Phi) is 3.99. The molecule has 0 aliphatic carbocycles. The Bertz CT molecular complexity index is 580. The number of carbonyl (C=O) groups is 1. The van der Waals surface area contributed by atoms with E-state index in [0.717, 1.165) is 5.69 Å². The number of nitrogens with zero attached hydrogens (tertiary/aromatic N) is 3. The summed E-state index contributed by atoms with van der Waals surface area (Å²) < 4.78 is 11.2. The van der Waals surface area contributed by atoms with E-state index in [4.69, 9.17) is 4.74 Å². The van der Waals surface area contributed by atoms with Crippen LogP contribution in [-0.2, 0) is 9.53 Å². The lowest BCUT2D eigenvalue weighted by atomic mass is 10.1. The zero-order valence-electron chi connectivity index (χ0n) is 11.2. The molecule has 20 heavy (non-hydrogen) atoms. The van der Waals surface area contributed by atoms with E-state index in [0.29, 0.717) is 0 Å². The van der Waals surface area contributed by atoms with Gasteiger partial charge in [0.25, 0.3) is 0 Å². The minimum absolute atomic E-state index is 0.0676. The first kappa shape index (κ1) is 14.0. The maximum absolute atomic E-state index is 11.3. The third kappa shape index (κ3) is 3.12. The van der Waals surface area contributed by atoms with Crippen LogP contribution in [0.5, 0.6) is 6.01 Å². The van der Waals surface area contributed by atoms with Crippen LogP contribution < -0.4 is 4.74 Å². The van der Waals surface area contributed by atoms with Gasteiger partial charge in [0.15, 0.2) is 5.60 Å². The zero-order valence-corrected chi connectivity index (χ0v) is 11.2. The molecule has 0 bridgehead atoms. The summed E-state index contributed by atoms with van der Waals surface area (Å²) >= 11 is 0. The molecule has 7 nitrogen and oxygen atoms in total. The Labute approximate surface area is 115 Å². The second kappa shape index (κ2) is 5.70. The zero-order chi connectivity index (χ0) is 14.6. The third-order valence-corrected chi connectivity index (χ3v) is 2.60. The lowest BCUT2D eigenvalue weighted by molar-refractivity contribution is -0.163. The molecule has 1 unspecified atom stereocenters. The number of methoxy groups -OCH3 is 1. The molecule has 2 rings (SSSR count). The second-order valence-corrected chi connectivity index (χ2v) is 4.36. The molecule has 0 aliphatic rings. The molecule has 1 heterocycles.